The van der Waals surface area contributed by atoms with Crippen molar-refractivity contribution in [2.24, 2.45) is 0 Å². The van der Waals surface area contributed by atoms with Crippen LogP contribution < -0.4 is 5.32 Å². The molecule has 1 amide bonds. The van der Waals surface area contributed by atoms with Crippen molar-refractivity contribution < 1.29 is 17.6 Å². The second-order valence-electron chi connectivity index (χ2n) is 7.75. The van der Waals surface area contributed by atoms with Crippen LogP contribution in [0.25, 0.3) is 0 Å². The Balaban J connectivity index is 1.50. The maximum absolute atomic E-state index is 13.4. The summed E-state index contributed by atoms with van der Waals surface area (Å²) in [5, 5.41) is 3.47. The van der Waals surface area contributed by atoms with E-state index in [1.54, 1.807) is 12.1 Å². The fourth-order valence-corrected chi connectivity index (χ4v) is 5.48. The Labute approximate surface area is 191 Å². The lowest BCUT2D eigenvalue weighted by Crippen LogP contribution is -2.52. The molecule has 1 aliphatic carbocycles. The maximum atomic E-state index is 13.4. The first-order valence-corrected chi connectivity index (χ1v) is 12.2. The molecule has 31 heavy (non-hydrogen) atoms. The number of hydrogen-bond acceptors (Lipinski definition) is 4. The molecule has 1 aliphatic heterocycles. The summed E-state index contributed by atoms with van der Waals surface area (Å²) in [6.07, 6.45) is 1.91. The molecule has 0 unspecified atom stereocenters. The van der Waals surface area contributed by atoms with Crippen LogP contribution in [0.4, 0.5) is 4.39 Å². The molecule has 6 nitrogen and oxygen atoms in total. The van der Waals surface area contributed by atoms with Crippen LogP contribution in [0.2, 0.25) is 10.0 Å². The van der Waals surface area contributed by atoms with E-state index in [2.05, 4.69) is 5.32 Å². The molecular weight excluding hydrogens is 464 g/mol. The van der Waals surface area contributed by atoms with E-state index in [9.17, 15) is 17.6 Å². The monoisotopic (exact) mass is 485 g/mol. The van der Waals surface area contributed by atoms with E-state index >= 15 is 0 Å². The smallest absolute Gasteiger partial charge is 0.243 e. The number of benzene rings is 2. The zero-order valence-electron chi connectivity index (χ0n) is 16.6. The Bertz CT molecular complexity index is 1070. The summed E-state index contributed by atoms with van der Waals surface area (Å²) in [7, 11) is -3.74. The average molecular weight is 486 g/mol. The molecule has 1 atom stereocenters. The largest absolute Gasteiger partial charge is 0.352 e. The summed E-state index contributed by atoms with van der Waals surface area (Å²) >= 11 is 11.9. The molecule has 166 valence electrons. The molecule has 10 heteroatoms. The molecule has 0 aromatic heterocycles. The van der Waals surface area contributed by atoms with Gasteiger partial charge in [-0.1, -0.05) is 35.3 Å². The van der Waals surface area contributed by atoms with Crippen LogP contribution in [0.1, 0.15) is 24.4 Å². The summed E-state index contributed by atoms with van der Waals surface area (Å²) in [4.78, 5) is 15.0. The van der Waals surface area contributed by atoms with Crippen LogP contribution >= 0.6 is 23.2 Å². The number of halogens is 3. The Kier molecular flexibility index (Phi) is 6.55. The highest BCUT2D eigenvalue weighted by atomic mass is 35.5. The Morgan fingerprint density at radius 2 is 1.65 bits per heavy atom. The van der Waals surface area contributed by atoms with Gasteiger partial charge < -0.3 is 5.32 Å². The second-order valence-corrected chi connectivity index (χ2v) is 10.5. The lowest BCUT2D eigenvalue weighted by Gasteiger charge is -2.38. The molecule has 2 aliphatic rings. The first kappa shape index (κ1) is 22.5. The van der Waals surface area contributed by atoms with Crippen molar-refractivity contribution in [2.75, 3.05) is 26.2 Å². The Morgan fingerprint density at radius 3 is 2.23 bits per heavy atom. The van der Waals surface area contributed by atoms with E-state index < -0.39 is 16.1 Å². The van der Waals surface area contributed by atoms with Crippen molar-refractivity contribution in [3.8, 4) is 0 Å². The summed E-state index contributed by atoms with van der Waals surface area (Å²) in [6, 6.07) is 9.69. The normalized spacial score (nSPS) is 19.2. The third kappa shape index (κ3) is 5.04. The molecule has 1 heterocycles. The van der Waals surface area contributed by atoms with Gasteiger partial charge in [-0.25, -0.2) is 12.8 Å². The summed E-state index contributed by atoms with van der Waals surface area (Å²) in [5.74, 6) is -0.516. The minimum atomic E-state index is -3.74. The van der Waals surface area contributed by atoms with Crippen molar-refractivity contribution in [1.29, 1.82) is 0 Å². The number of rotatable bonds is 6. The van der Waals surface area contributed by atoms with Gasteiger partial charge in [0.1, 0.15) is 11.9 Å². The molecule has 0 spiro atoms. The summed E-state index contributed by atoms with van der Waals surface area (Å²) < 4.78 is 40.8. The van der Waals surface area contributed by atoms with Crippen molar-refractivity contribution in [1.82, 2.24) is 14.5 Å². The van der Waals surface area contributed by atoms with Crippen molar-refractivity contribution >= 4 is 39.1 Å². The van der Waals surface area contributed by atoms with Gasteiger partial charge in [-0.2, -0.15) is 4.31 Å². The van der Waals surface area contributed by atoms with Gasteiger partial charge in [-0.3, -0.25) is 9.69 Å². The molecule has 0 radical (unpaired) electrons. The SMILES string of the molecule is O=C(NC1CC1)[C@H](c1ccc(F)cc1)N1CCN(S(=O)(=O)c2ccc(Cl)c(Cl)c2)CC1. The highest BCUT2D eigenvalue weighted by molar-refractivity contribution is 7.89. The average Bonchev–Trinajstić information content (AvgIpc) is 3.56. The summed E-state index contributed by atoms with van der Waals surface area (Å²) in [6.45, 7) is 1.16. The summed E-state index contributed by atoms with van der Waals surface area (Å²) in [5.41, 5.74) is 0.681. The first-order valence-electron chi connectivity index (χ1n) is 10.0. The Morgan fingerprint density at radius 1 is 1.00 bits per heavy atom. The fourth-order valence-electron chi connectivity index (χ4n) is 3.67. The molecule has 2 fully saturated rings. The van der Waals surface area contributed by atoms with E-state index in [1.807, 2.05) is 4.90 Å². The standard InChI is InChI=1S/C21H22Cl2FN3O3S/c22-18-8-7-17(13-19(18)23)31(29,30)27-11-9-26(10-12-27)20(21(28)25-16-5-6-16)14-1-3-15(24)4-2-14/h1-4,7-8,13,16,20H,5-6,9-12H2,(H,25,28)/t20-/m0/s1. The molecular formula is C21H22Cl2FN3O3S. The highest BCUT2D eigenvalue weighted by Gasteiger charge is 2.36. The quantitative estimate of drug-likeness (QED) is 0.679. The van der Waals surface area contributed by atoms with Gasteiger partial charge in [0.25, 0.3) is 0 Å². The number of nitrogens with one attached hydrogen (secondary N) is 1. The predicted molar refractivity (Wildman–Crippen MR) is 117 cm³/mol. The highest BCUT2D eigenvalue weighted by Crippen LogP contribution is 2.29. The van der Waals surface area contributed by atoms with Gasteiger partial charge in [0.05, 0.1) is 14.9 Å². The van der Waals surface area contributed by atoms with Crippen LogP contribution in [0.5, 0.6) is 0 Å². The van der Waals surface area contributed by atoms with Gasteiger partial charge in [0, 0.05) is 32.2 Å². The van der Waals surface area contributed by atoms with E-state index in [0.717, 1.165) is 12.8 Å². The van der Waals surface area contributed by atoms with Gasteiger partial charge in [-0.15, -0.1) is 0 Å². The molecule has 0 bridgehead atoms. The van der Waals surface area contributed by atoms with Crippen LogP contribution in [-0.2, 0) is 14.8 Å². The molecule has 4 rings (SSSR count). The van der Waals surface area contributed by atoms with Crippen molar-refractivity contribution in [3.63, 3.8) is 0 Å². The van der Waals surface area contributed by atoms with Crippen LogP contribution in [-0.4, -0.2) is 55.8 Å². The maximum Gasteiger partial charge on any atom is 0.243 e. The first-order chi connectivity index (χ1) is 14.8. The zero-order chi connectivity index (χ0) is 22.2. The second kappa shape index (κ2) is 9.03. The topological polar surface area (TPSA) is 69.7 Å². The third-order valence-electron chi connectivity index (χ3n) is 5.53. The minimum Gasteiger partial charge on any atom is -0.352 e. The van der Waals surface area contributed by atoms with Crippen molar-refractivity contribution in [2.45, 2.75) is 29.8 Å². The van der Waals surface area contributed by atoms with Crippen LogP contribution in [0, 0.1) is 5.82 Å². The molecule has 1 N–H and O–H groups in total. The van der Waals surface area contributed by atoms with E-state index in [4.69, 9.17) is 23.2 Å². The van der Waals surface area contributed by atoms with Crippen molar-refractivity contribution in [3.05, 3.63) is 63.9 Å². The fraction of sp³-hybridized carbons (Fsp3) is 0.381. The number of piperazine rings is 1. The molecule has 2 aromatic rings. The zero-order valence-corrected chi connectivity index (χ0v) is 18.9. The third-order valence-corrected chi connectivity index (χ3v) is 8.16. The lowest BCUT2D eigenvalue weighted by atomic mass is 10.0. The number of amides is 1. The van der Waals surface area contributed by atoms with Crippen LogP contribution in [0.15, 0.2) is 47.4 Å². The van der Waals surface area contributed by atoms with Crippen LogP contribution in [0.3, 0.4) is 0 Å². The van der Waals surface area contributed by atoms with E-state index in [-0.39, 0.29) is 45.8 Å². The van der Waals surface area contributed by atoms with Gasteiger partial charge in [0.15, 0.2) is 0 Å². The minimum absolute atomic E-state index is 0.0805. The van der Waals surface area contributed by atoms with E-state index in [1.165, 1.54) is 34.6 Å². The number of hydrogen-bond donors (Lipinski definition) is 1. The van der Waals surface area contributed by atoms with E-state index in [0.29, 0.717) is 18.7 Å². The number of carbonyl (C=O) groups is 1. The lowest BCUT2D eigenvalue weighted by molar-refractivity contribution is -0.127. The Hall–Kier alpha value is -1.71. The van der Waals surface area contributed by atoms with Gasteiger partial charge >= 0.3 is 0 Å². The van der Waals surface area contributed by atoms with Gasteiger partial charge in [-0.05, 0) is 48.7 Å². The predicted octanol–water partition coefficient (Wildman–Crippen LogP) is 3.46. The number of sulfonamides is 1. The van der Waals surface area contributed by atoms with Gasteiger partial charge in [0.2, 0.25) is 15.9 Å². The molecule has 1 saturated carbocycles. The number of nitrogens with zero attached hydrogens (tertiary/aromatic N) is 2. The number of carbonyl (C=O) groups excluding carboxylic acids is 1. The molecule has 1 saturated heterocycles. The molecule has 2 aromatic carbocycles.